The number of benzene rings is 1. The number of hydrogen-bond acceptors (Lipinski definition) is 5. The average Bonchev–Trinajstić information content (AvgIpc) is 3.10. The van der Waals surface area contributed by atoms with Crippen molar-refractivity contribution in [2.45, 2.75) is 38.8 Å². The van der Waals surface area contributed by atoms with Crippen molar-refractivity contribution >= 4 is 51.7 Å². The highest BCUT2D eigenvalue weighted by molar-refractivity contribution is 6.44. The van der Waals surface area contributed by atoms with Gasteiger partial charge >= 0.3 is 5.97 Å². The Hall–Kier alpha value is -2.81. The lowest BCUT2D eigenvalue weighted by atomic mass is 9.99. The standard InChI is InChI=1S/C24H26Cl2N4O4/c1-3-10-34-19-12-30(18-11-17(24(32)33)28-15-7-5-4-6-14(15)18)9-8-16(19)29-23(31)22-21(26)20(25)13(2)27-22/h4-7,11,16,19,27H,3,8-10,12H2,1-2H3,(H,29,31)(H,32,33)/t16-,19+/m0/s1. The number of fused-ring (bicyclic) bond motifs is 1. The van der Waals surface area contributed by atoms with E-state index in [4.69, 9.17) is 27.9 Å². The lowest BCUT2D eigenvalue weighted by molar-refractivity contribution is 0.0205. The smallest absolute Gasteiger partial charge is 0.354 e. The van der Waals surface area contributed by atoms with E-state index in [1.807, 2.05) is 25.1 Å². The molecule has 1 fully saturated rings. The van der Waals surface area contributed by atoms with Gasteiger partial charge in [0.2, 0.25) is 0 Å². The third-order valence-electron chi connectivity index (χ3n) is 5.95. The van der Waals surface area contributed by atoms with Crippen molar-refractivity contribution in [2.24, 2.45) is 0 Å². The van der Waals surface area contributed by atoms with Gasteiger partial charge in [-0.05, 0) is 31.9 Å². The van der Waals surface area contributed by atoms with Crippen LogP contribution in [0.2, 0.25) is 10.0 Å². The van der Waals surface area contributed by atoms with Gasteiger partial charge in [0.05, 0.1) is 27.7 Å². The predicted molar refractivity (Wildman–Crippen MR) is 132 cm³/mol. The van der Waals surface area contributed by atoms with Gasteiger partial charge in [-0.15, -0.1) is 0 Å². The van der Waals surface area contributed by atoms with Gasteiger partial charge < -0.3 is 25.0 Å². The van der Waals surface area contributed by atoms with Crippen LogP contribution in [0.4, 0.5) is 5.69 Å². The highest BCUT2D eigenvalue weighted by atomic mass is 35.5. The molecular weight excluding hydrogens is 479 g/mol. The first-order chi connectivity index (χ1) is 16.3. The highest BCUT2D eigenvalue weighted by Crippen LogP contribution is 2.31. The summed E-state index contributed by atoms with van der Waals surface area (Å²) < 4.78 is 6.12. The summed E-state index contributed by atoms with van der Waals surface area (Å²) in [5.41, 5.74) is 2.25. The number of halogens is 2. The predicted octanol–water partition coefficient (Wildman–Crippen LogP) is 4.68. The molecule has 2 aromatic heterocycles. The molecule has 0 bridgehead atoms. The summed E-state index contributed by atoms with van der Waals surface area (Å²) in [6, 6.07) is 8.82. The number of aromatic amines is 1. The van der Waals surface area contributed by atoms with Crippen LogP contribution in [0, 0.1) is 6.92 Å². The van der Waals surface area contributed by atoms with Crippen LogP contribution in [-0.2, 0) is 4.74 Å². The number of carbonyl (C=O) groups is 2. The van der Waals surface area contributed by atoms with E-state index in [1.54, 1.807) is 19.1 Å². The van der Waals surface area contributed by atoms with Crippen LogP contribution in [-0.4, -0.2) is 58.8 Å². The molecule has 0 aliphatic carbocycles. The summed E-state index contributed by atoms with van der Waals surface area (Å²) in [6.45, 7) is 5.39. The fourth-order valence-electron chi connectivity index (χ4n) is 4.24. The number of H-pyrrole nitrogens is 1. The molecule has 3 N–H and O–H groups in total. The average molecular weight is 505 g/mol. The maximum atomic E-state index is 12.9. The van der Waals surface area contributed by atoms with Crippen LogP contribution in [0.25, 0.3) is 10.9 Å². The van der Waals surface area contributed by atoms with E-state index in [0.29, 0.717) is 42.4 Å². The zero-order valence-electron chi connectivity index (χ0n) is 18.9. The Bertz CT molecular complexity index is 1230. The molecular formula is C24H26Cl2N4O4. The third-order valence-corrected chi connectivity index (χ3v) is 6.89. The van der Waals surface area contributed by atoms with Crippen molar-refractivity contribution in [2.75, 3.05) is 24.6 Å². The zero-order valence-corrected chi connectivity index (χ0v) is 20.4. The second kappa shape index (κ2) is 10.2. The number of anilines is 1. The summed E-state index contributed by atoms with van der Waals surface area (Å²) in [5.74, 6) is -1.42. The number of aromatic carboxylic acids is 1. The first kappa shape index (κ1) is 24.3. The van der Waals surface area contributed by atoms with Crippen molar-refractivity contribution in [1.29, 1.82) is 0 Å². The van der Waals surface area contributed by atoms with Crippen molar-refractivity contribution in [3.8, 4) is 0 Å². The summed E-state index contributed by atoms with van der Waals surface area (Å²) in [6.07, 6.45) is 1.13. The summed E-state index contributed by atoms with van der Waals surface area (Å²) in [7, 11) is 0. The van der Waals surface area contributed by atoms with E-state index in [0.717, 1.165) is 17.5 Å². The quantitative estimate of drug-likeness (QED) is 0.431. The number of ether oxygens (including phenoxy) is 1. The molecule has 1 aliphatic heterocycles. The van der Waals surface area contributed by atoms with E-state index >= 15 is 0 Å². The molecule has 0 radical (unpaired) electrons. The number of nitrogens with zero attached hydrogens (tertiary/aromatic N) is 2. The SMILES string of the molecule is CCCO[C@@H]1CN(c2cc(C(=O)O)nc3ccccc23)CC[C@@H]1NC(=O)c1[nH]c(C)c(Cl)c1Cl. The Kier molecular flexibility index (Phi) is 7.30. The largest absolute Gasteiger partial charge is 0.477 e. The summed E-state index contributed by atoms with van der Waals surface area (Å²) in [5, 5.41) is 14.0. The lowest BCUT2D eigenvalue weighted by Crippen LogP contribution is -2.55. The number of aromatic nitrogens is 2. The molecule has 2 atom stereocenters. The van der Waals surface area contributed by atoms with Gasteiger partial charge in [-0.3, -0.25) is 4.79 Å². The van der Waals surface area contributed by atoms with Gasteiger partial charge in [0.1, 0.15) is 5.69 Å². The molecule has 1 aliphatic rings. The monoisotopic (exact) mass is 504 g/mol. The molecule has 34 heavy (non-hydrogen) atoms. The Morgan fingerprint density at radius 3 is 2.74 bits per heavy atom. The van der Waals surface area contributed by atoms with E-state index in [9.17, 15) is 14.7 Å². The maximum absolute atomic E-state index is 12.9. The number of aryl methyl sites for hydroxylation is 1. The molecule has 3 heterocycles. The molecule has 1 amide bonds. The minimum absolute atomic E-state index is 0.0104. The fraction of sp³-hybridized carbons (Fsp3) is 0.375. The molecule has 10 heteroatoms. The minimum Gasteiger partial charge on any atom is -0.477 e. The number of carboxylic acids is 1. The normalized spacial score (nSPS) is 18.3. The Balaban J connectivity index is 1.60. The van der Waals surface area contributed by atoms with Gasteiger partial charge in [0, 0.05) is 36.5 Å². The molecule has 4 rings (SSSR count). The zero-order chi connectivity index (χ0) is 24.4. The van der Waals surface area contributed by atoms with Crippen molar-refractivity contribution in [3.63, 3.8) is 0 Å². The molecule has 0 spiro atoms. The third kappa shape index (κ3) is 4.85. The number of hydrogen-bond donors (Lipinski definition) is 3. The number of carboxylic acid groups (broad SMARTS) is 1. The number of carbonyl (C=O) groups excluding carboxylic acids is 1. The van der Waals surface area contributed by atoms with Gasteiger partial charge in [-0.1, -0.05) is 48.3 Å². The van der Waals surface area contributed by atoms with Crippen LogP contribution in [0.1, 0.15) is 46.4 Å². The van der Waals surface area contributed by atoms with Gasteiger partial charge in [0.25, 0.3) is 5.91 Å². The number of nitrogens with one attached hydrogen (secondary N) is 2. The van der Waals surface area contributed by atoms with Gasteiger partial charge in [0.15, 0.2) is 5.69 Å². The Morgan fingerprint density at radius 1 is 1.29 bits per heavy atom. The number of para-hydroxylation sites is 1. The number of pyridine rings is 1. The van der Waals surface area contributed by atoms with Crippen molar-refractivity contribution in [1.82, 2.24) is 15.3 Å². The second-order valence-electron chi connectivity index (χ2n) is 8.33. The Labute approximate surface area is 207 Å². The van der Waals surface area contributed by atoms with E-state index in [-0.39, 0.29) is 34.5 Å². The van der Waals surface area contributed by atoms with Crippen LogP contribution in [0.15, 0.2) is 30.3 Å². The number of rotatable bonds is 7. The molecule has 3 aromatic rings. The molecule has 1 aromatic carbocycles. The molecule has 0 unspecified atom stereocenters. The van der Waals surface area contributed by atoms with Crippen molar-refractivity contribution in [3.05, 3.63) is 57.5 Å². The van der Waals surface area contributed by atoms with Crippen LogP contribution >= 0.6 is 23.2 Å². The molecule has 180 valence electrons. The van der Waals surface area contributed by atoms with Crippen LogP contribution in [0.5, 0.6) is 0 Å². The second-order valence-corrected chi connectivity index (χ2v) is 9.08. The van der Waals surface area contributed by atoms with Crippen LogP contribution < -0.4 is 10.2 Å². The summed E-state index contributed by atoms with van der Waals surface area (Å²) >= 11 is 12.4. The van der Waals surface area contributed by atoms with Gasteiger partial charge in [-0.25, -0.2) is 9.78 Å². The Morgan fingerprint density at radius 2 is 2.06 bits per heavy atom. The fourth-order valence-corrected chi connectivity index (χ4v) is 4.65. The number of piperidine rings is 1. The summed E-state index contributed by atoms with van der Waals surface area (Å²) in [4.78, 5) is 33.9. The highest BCUT2D eigenvalue weighted by Gasteiger charge is 2.33. The topological polar surface area (TPSA) is 108 Å². The van der Waals surface area contributed by atoms with Gasteiger partial charge in [-0.2, -0.15) is 0 Å². The minimum atomic E-state index is -1.08. The van der Waals surface area contributed by atoms with Crippen LogP contribution in [0.3, 0.4) is 0 Å². The maximum Gasteiger partial charge on any atom is 0.354 e. The van der Waals surface area contributed by atoms with E-state index < -0.39 is 5.97 Å². The van der Waals surface area contributed by atoms with E-state index in [2.05, 4.69) is 20.2 Å². The molecule has 1 saturated heterocycles. The van der Waals surface area contributed by atoms with E-state index in [1.165, 1.54) is 0 Å². The first-order valence-electron chi connectivity index (χ1n) is 11.1. The lowest BCUT2D eigenvalue weighted by Gasteiger charge is -2.40. The number of amides is 1. The first-order valence-corrected chi connectivity index (χ1v) is 11.9. The van der Waals surface area contributed by atoms with Crippen molar-refractivity contribution < 1.29 is 19.4 Å². The molecule has 0 saturated carbocycles. The molecule has 8 nitrogen and oxygen atoms in total.